The molecule has 0 atom stereocenters. The summed E-state index contributed by atoms with van der Waals surface area (Å²) in [7, 11) is 0. The molecule has 22 heavy (non-hydrogen) atoms. The monoisotopic (exact) mass is 323 g/mol. The third kappa shape index (κ3) is 4.68. The first kappa shape index (κ1) is 17.9. The van der Waals surface area contributed by atoms with Crippen molar-refractivity contribution in [3.63, 3.8) is 0 Å². The zero-order valence-corrected chi connectivity index (χ0v) is 13.6. The Balaban J connectivity index is 3.26. The number of carbonyl (C=O) groups excluding carboxylic acids is 1. The molecule has 5 nitrogen and oxygen atoms in total. The molecule has 0 spiro atoms. The highest BCUT2D eigenvalue weighted by Crippen LogP contribution is 2.34. The van der Waals surface area contributed by atoms with Gasteiger partial charge in [0.05, 0.1) is 24.8 Å². The normalized spacial score (nSPS) is 10.8. The van der Waals surface area contributed by atoms with E-state index < -0.39 is 5.97 Å². The fourth-order valence-corrected chi connectivity index (χ4v) is 1.91. The highest BCUT2D eigenvalue weighted by Gasteiger charge is 2.14. The van der Waals surface area contributed by atoms with Crippen molar-refractivity contribution in [3.8, 4) is 17.6 Å². The van der Waals surface area contributed by atoms with Crippen LogP contribution in [0.4, 0.5) is 0 Å². The summed E-state index contributed by atoms with van der Waals surface area (Å²) in [6.45, 7) is 6.49. The summed E-state index contributed by atoms with van der Waals surface area (Å²) in [5.74, 6) is 0.329. The number of esters is 1. The smallest absolute Gasteiger partial charge is 0.348 e. The summed E-state index contributed by atoms with van der Waals surface area (Å²) in [4.78, 5) is 11.7. The maximum atomic E-state index is 11.7. The summed E-state index contributed by atoms with van der Waals surface area (Å²) >= 11 is 6.18. The second-order valence-corrected chi connectivity index (χ2v) is 4.48. The summed E-state index contributed by atoms with van der Waals surface area (Å²) < 4.78 is 15.8. The summed E-state index contributed by atoms with van der Waals surface area (Å²) in [6, 6.07) is 5.04. The van der Waals surface area contributed by atoms with Crippen LogP contribution in [-0.2, 0) is 9.53 Å². The number of benzene rings is 1. The van der Waals surface area contributed by atoms with E-state index in [0.717, 1.165) is 0 Å². The lowest BCUT2D eigenvalue weighted by molar-refractivity contribution is -0.137. The number of halogens is 1. The van der Waals surface area contributed by atoms with Crippen LogP contribution in [0.3, 0.4) is 0 Å². The van der Waals surface area contributed by atoms with Crippen LogP contribution >= 0.6 is 11.6 Å². The van der Waals surface area contributed by atoms with Crippen molar-refractivity contribution in [1.29, 1.82) is 5.26 Å². The molecule has 0 amide bonds. The van der Waals surface area contributed by atoms with Crippen molar-refractivity contribution < 1.29 is 19.0 Å². The lowest BCUT2D eigenvalue weighted by Gasteiger charge is -2.13. The van der Waals surface area contributed by atoms with E-state index in [1.807, 2.05) is 19.9 Å². The highest BCUT2D eigenvalue weighted by atomic mass is 35.5. The molecule has 0 aliphatic heterocycles. The maximum absolute atomic E-state index is 11.7. The van der Waals surface area contributed by atoms with Gasteiger partial charge in [-0.25, -0.2) is 4.79 Å². The van der Waals surface area contributed by atoms with Crippen molar-refractivity contribution in [3.05, 3.63) is 28.3 Å². The summed E-state index contributed by atoms with van der Waals surface area (Å²) in [5, 5.41) is 9.42. The SMILES string of the molecule is CCOC(=O)C(C#N)=Cc1cc(OCC)c(OCC)cc1Cl. The Morgan fingerprint density at radius 1 is 1.18 bits per heavy atom. The average Bonchev–Trinajstić information content (AvgIpc) is 2.49. The highest BCUT2D eigenvalue weighted by molar-refractivity contribution is 6.32. The predicted molar refractivity (Wildman–Crippen MR) is 84.0 cm³/mol. The van der Waals surface area contributed by atoms with Crippen LogP contribution in [0.15, 0.2) is 17.7 Å². The Morgan fingerprint density at radius 3 is 2.27 bits per heavy atom. The summed E-state index contributed by atoms with van der Waals surface area (Å²) in [6.07, 6.45) is 1.37. The topological polar surface area (TPSA) is 68.6 Å². The molecule has 0 N–H and O–H groups in total. The van der Waals surface area contributed by atoms with E-state index in [1.54, 1.807) is 19.1 Å². The van der Waals surface area contributed by atoms with Crippen molar-refractivity contribution >= 4 is 23.6 Å². The van der Waals surface area contributed by atoms with E-state index in [2.05, 4.69) is 0 Å². The quantitative estimate of drug-likeness (QED) is 0.435. The first-order valence-electron chi connectivity index (χ1n) is 6.95. The van der Waals surface area contributed by atoms with Gasteiger partial charge in [0, 0.05) is 6.07 Å². The molecule has 6 heteroatoms. The number of nitrogens with zero attached hydrogens (tertiary/aromatic N) is 1. The number of ether oxygens (including phenoxy) is 3. The molecule has 0 aliphatic carbocycles. The van der Waals surface area contributed by atoms with Crippen LogP contribution in [0.5, 0.6) is 11.5 Å². The van der Waals surface area contributed by atoms with Crippen molar-refractivity contribution in [2.75, 3.05) is 19.8 Å². The molecule has 0 bridgehead atoms. The molecular weight excluding hydrogens is 306 g/mol. The van der Waals surface area contributed by atoms with Crippen LogP contribution in [0.2, 0.25) is 5.02 Å². The molecule has 0 unspecified atom stereocenters. The van der Waals surface area contributed by atoms with Gasteiger partial charge in [-0.2, -0.15) is 5.26 Å². The minimum absolute atomic E-state index is 0.129. The molecule has 0 saturated heterocycles. The van der Waals surface area contributed by atoms with E-state index >= 15 is 0 Å². The fourth-order valence-electron chi connectivity index (χ4n) is 1.70. The van der Waals surface area contributed by atoms with Gasteiger partial charge in [0.2, 0.25) is 0 Å². The van der Waals surface area contributed by atoms with Gasteiger partial charge in [-0.15, -0.1) is 0 Å². The zero-order chi connectivity index (χ0) is 16.5. The Morgan fingerprint density at radius 2 is 1.77 bits per heavy atom. The average molecular weight is 324 g/mol. The minimum atomic E-state index is -0.687. The van der Waals surface area contributed by atoms with Gasteiger partial charge in [-0.05, 0) is 38.5 Å². The van der Waals surface area contributed by atoms with Crippen LogP contribution in [0.1, 0.15) is 26.3 Å². The zero-order valence-electron chi connectivity index (χ0n) is 12.8. The van der Waals surface area contributed by atoms with E-state index in [-0.39, 0.29) is 12.2 Å². The number of carbonyl (C=O) groups is 1. The molecule has 0 heterocycles. The van der Waals surface area contributed by atoms with E-state index in [4.69, 9.17) is 31.1 Å². The van der Waals surface area contributed by atoms with Crippen LogP contribution < -0.4 is 9.47 Å². The van der Waals surface area contributed by atoms with Gasteiger partial charge < -0.3 is 14.2 Å². The third-order valence-electron chi connectivity index (χ3n) is 2.58. The van der Waals surface area contributed by atoms with Crippen molar-refractivity contribution in [2.45, 2.75) is 20.8 Å². The molecule has 0 aromatic heterocycles. The second-order valence-electron chi connectivity index (χ2n) is 4.08. The van der Waals surface area contributed by atoms with Crippen LogP contribution in [0.25, 0.3) is 6.08 Å². The van der Waals surface area contributed by atoms with Crippen molar-refractivity contribution in [1.82, 2.24) is 0 Å². The fraction of sp³-hybridized carbons (Fsp3) is 0.375. The predicted octanol–water partition coefficient (Wildman–Crippen LogP) is 3.61. The molecule has 0 saturated carbocycles. The minimum Gasteiger partial charge on any atom is -0.490 e. The number of nitriles is 1. The Hall–Kier alpha value is -2.19. The van der Waals surface area contributed by atoms with Gasteiger partial charge in [0.15, 0.2) is 11.5 Å². The molecule has 0 aliphatic rings. The Labute approximate surface area is 135 Å². The molecular formula is C16H18ClNO4. The van der Waals surface area contributed by atoms with E-state index in [1.165, 1.54) is 6.08 Å². The van der Waals surface area contributed by atoms with Crippen LogP contribution in [-0.4, -0.2) is 25.8 Å². The molecule has 1 aromatic carbocycles. The second kappa shape index (κ2) is 8.96. The molecule has 0 fully saturated rings. The lowest BCUT2D eigenvalue weighted by atomic mass is 10.1. The van der Waals surface area contributed by atoms with Crippen LogP contribution in [0, 0.1) is 11.3 Å². The maximum Gasteiger partial charge on any atom is 0.348 e. The van der Waals surface area contributed by atoms with E-state index in [9.17, 15) is 4.79 Å². The molecule has 0 radical (unpaired) electrons. The first-order chi connectivity index (χ1) is 10.6. The van der Waals surface area contributed by atoms with Gasteiger partial charge >= 0.3 is 5.97 Å². The molecule has 1 rings (SSSR count). The number of rotatable bonds is 7. The van der Waals surface area contributed by atoms with Gasteiger partial charge in [-0.1, -0.05) is 11.6 Å². The third-order valence-corrected chi connectivity index (χ3v) is 2.91. The van der Waals surface area contributed by atoms with E-state index in [0.29, 0.717) is 35.3 Å². The van der Waals surface area contributed by atoms with Gasteiger partial charge in [0.1, 0.15) is 11.6 Å². The number of hydrogen-bond donors (Lipinski definition) is 0. The summed E-state index contributed by atoms with van der Waals surface area (Å²) in [5.41, 5.74) is 0.355. The van der Waals surface area contributed by atoms with Gasteiger partial charge in [-0.3, -0.25) is 0 Å². The molecule has 1 aromatic rings. The van der Waals surface area contributed by atoms with Gasteiger partial charge in [0.25, 0.3) is 0 Å². The number of hydrogen-bond acceptors (Lipinski definition) is 5. The Bertz CT molecular complexity index is 605. The first-order valence-corrected chi connectivity index (χ1v) is 7.33. The molecule has 118 valence electrons. The van der Waals surface area contributed by atoms with Crippen molar-refractivity contribution in [2.24, 2.45) is 0 Å². The Kier molecular flexibility index (Phi) is 7.27. The lowest BCUT2D eigenvalue weighted by Crippen LogP contribution is -2.06. The standard InChI is InChI=1S/C16H18ClNO4/c1-4-20-14-8-11(13(17)9-15(14)21-5-2)7-12(10-18)16(19)22-6-3/h7-9H,4-6H2,1-3H3. The largest absolute Gasteiger partial charge is 0.490 e.